The summed E-state index contributed by atoms with van der Waals surface area (Å²) in [6.07, 6.45) is 1.46. The molecule has 0 bridgehead atoms. The maximum atomic E-state index is 13.1. The van der Waals surface area contributed by atoms with Crippen LogP contribution in [0.4, 0.5) is 10.1 Å². The summed E-state index contributed by atoms with van der Waals surface area (Å²) < 4.78 is 18.1. The number of nitrogens with one attached hydrogen (secondary N) is 1. The Balaban J connectivity index is 1.65. The number of imide groups is 1. The molecule has 2 saturated heterocycles. The molecule has 1 atom stereocenters. The Bertz CT molecular complexity index is 668. The number of carbonyl (C=O) groups is 3. The van der Waals surface area contributed by atoms with Gasteiger partial charge in [-0.05, 0) is 31.2 Å². The zero-order valence-corrected chi connectivity index (χ0v) is 14.2. The molecule has 2 aliphatic rings. The predicted molar refractivity (Wildman–Crippen MR) is 87.4 cm³/mol. The fourth-order valence-corrected chi connectivity index (χ4v) is 3.65. The first kappa shape index (κ1) is 17.5. The molecule has 25 heavy (non-hydrogen) atoms. The van der Waals surface area contributed by atoms with Gasteiger partial charge in [0.05, 0.1) is 37.7 Å². The quantitative estimate of drug-likeness (QED) is 0.628. The van der Waals surface area contributed by atoms with Gasteiger partial charge < -0.3 is 9.64 Å². The van der Waals surface area contributed by atoms with Crippen molar-refractivity contribution in [3.05, 3.63) is 30.1 Å². The Morgan fingerprint density at radius 2 is 1.88 bits per heavy atom. The second-order valence-electron chi connectivity index (χ2n) is 6.49. The maximum Gasteiger partial charge on any atom is 0.309 e. The molecule has 7 heteroatoms. The number of piperidine rings is 1. The molecular formula is C18H22FN2O4+. The highest BCUT2D eigenvalue weighted by atomic mass is 19.1. The Morgan fingerprint density at radius 1 is 1.24 bits per heavy atom. The lowest BCUT2D eigenvalue weighted by Gasteiger charge is -2.31. The molecule has 0 aromatic heterocycles. The van der Waals surface area contributed by atoms with Gasteiger partial charge in [0.25, 0.3) is 5.91 Å². The van der Waals surface area contributed by atoms with E-state index in [-0.39, 0.29) is 30.1 Å². The van der Waals surface area contributed by atoms with Crippen LogP contribution in [-0.2, 0) is 19.1 Å². The summed E-state index contributed by atoms with van der Waals surface area (Å²) in [6.45, 7) is 3.47. The molecule has 2 heterocycles. The number of carbonyl (C=O) groups excluding carboxylic acids is 3. The second-order valence-corrected chi connectivity index (χ2v) is 6.49. The number of hydrogen-bond donors (Lipinski definition) is 1. The van der Waals surface area contributed by atoms with Gasteiger partial charge in [-0.1, -0.05) is 0 Å². The number of quaternary nitrogens is 1. The van der Waals surface area contributed by atoms with E-state index in [4.69, 9.17) is 4.74 Å². The van der Waals surface area contributed by atoms with Crippen molar-refractivity contribution < 1.29 is 28.4 Å². The number of anilines is 1. The van der Waals surface area contributed by atoms with Crippen molar-refractivity contribution >= 4 is 23.5 Å². The Labute approximate surface area is 145 Å². The largest absolute Gasteiger partial charge is 0.466 e. The van der Waals surface area contributed by atoms with Crippen LogP contribution in [0, 0.1) is 11.7 Å². The number of rotatable bonds is 4. The van der Waals surface area contributed by atoms with Crippen LogP contribution < -0.4 is 9.80 Å². The van der Waals surface area contributed by atoms with Crippen molar-refractivity contribution in [2.75, 3.05) is 24.6 Å². The Hall–Kier alpha value is -2.28. The third-order valence-corrected chi connectivity index (χ3v) is 4.97. The van der Waals surface area contributed by atoms with Gasteiger partial charge in [-0.3, -0.25) is 14.4 Å². The minimum Gasteiger partial charge on any atom is -0.466 e. The molecule has 2 fully saturated rings. The van der Waals surface area contributed by atoms with E-state index < -0.39 is 11.9 Å². The summed E-state index contributed by atoms with van der Waals surface area (Å²) in [5.74, 6) is -1.22. The highest BCUT2D eigenvalue weighted by molar-refractivity contribution is 6.21. The number of nitrogens with zero attached hydrogens (tertiary/aromatic N) is 1. The molecular weight excluding hydrogens is 327 g/mol. The first-order valence-electron chi connectivity index (χ1n) is 8.64. The molecule has 0 unspecified atom stereocenters. The van der Waals surface area contributed by atoms with Crippen LogP contribution in [0.25, 0.3) is 0 Å². The lowest BCUT2D eigenvalue weighted by molar-refractivity contribution is -0.920. The van der Waals surface area contributed by atoms with E-state index >= 15 is 0 Å². The zero-order chi connectivity index (χ0) is 18.0. The molecule has 1 aromatic carbocycles. The van der Waals surface area contributed by atoms with Crippen LogP contribution in [0.3, 0.4) is 0 Å². The van der Waals surface area contributed by atoms with Crippen molar-refractivity contribution in [3.8, 4) is 0 Å². The molecule has 0 saturated carbocycles. The summed E-state index contributed by atoms with van der Waals surface area (Å²) in [5.41, 5.74) is 0.403. The van der Waals surface area contributed by atoms with Crippen LogP contribution in [0.1, 0.15) is 26.2 Å². The van der Waals surface area contributed by atoms with Gasteiger partial charge in [-0.15, -0.1) is 0 Å². The van der Waals surface area contributed by atoms with Crippen LogP contribution in [0.15, 0.2) is 24.3 Å². The number of ether oxygens (including phenoxy) is 1. The SMILES string of the molecule is CCOC(=O)C1CC[NH+]([C@H]2CC(=O)N(c3ccc(F)cc3)C2=O)CC1. The average molecular weight is 349 g/mol. The van der Waals surface area contributed by atoms with Crippen LogP contribution in [0.5, 0.6) is 0 Å². The molecule has 0 aliphatic carbocycles. The highest BCUT2D eigenvalue weighted by Gasteiger charge is 2.47. The van der Waals surface area contributed by atoms with E-state index in [1.165, 1.54) is 24.3 Å². The molecule has 0 spiro atoms. The van der Waals surface area contributed by atoms with E-state index in [2.05, 4.69) is 0 Å². The van der Waals surface area contributed by atoms with E-state index in [9.17, 15) is 18.8 Å². The maximum absolute atomic E-state index is 13.1. The van der Waals surface area contributed by atoms with Crippen molar-refractivity contribution in [1.29, 1.82) is 0 Å². The number of amides is 2. The van der Waals surface area contributed by atoms with Crippen molar-refractivity contribution in [2.24, 2.45) is 5.92 Å². The van der Waals surface area contributed by atoms with Gasteiger partial charge in [0, 0.05) is 12.8 Å². The van der Waals surface area contributed by atoms with Gasteiger partial charge in [0.15, 0.2) is 6.04 Å². The minimum atomic E-state index is -0.430. The fourth-order valence-electron chi connectivity index (χ4n) is 3.65. The van der Waals surface area contributed by atoms with Gasteiger partial charge in [0.2, 0.25) is 5.91 Å². The second kappa shape index (κ2) is 7.31. The molecule has 1 aromatic rings. The predicted octanol–water partition coefficient (Wildman–Crippen LogP) is 0.316. The van der Waals surface area contributed by atoms with Crippen LogP contribution in [0.2, 0.25) is 0 Å². The summed E-state index contributed by atoms with van der Waals surface area (Å²) in [5, 5.41) is 0. The summed E-state index contributed by atoms with van der Waals surface area (Å²) >= 11 is 0. The lowest BCUT2D eigenvalue weighted by Crippen LogP contribution is -3.17. The molecule has 6 nitrogen and oxygen atoms in total. The van der Waals surface area contributed by atoms with Gasteiger partial charge >= 0.3 is 5.97 Å². The topological polar surface area (TPSA) is 68.1 Å². The number of esters is 1. The van der Waals surface area contributed by atoms with Crippen molar-refractivity contribution in [2.45, 2.75) is 32.2 Å². The van der Waals surface area contributed by atoms with E-state index in [0.717, 1.165) is 9.80 Å². The van der Waals surface area contributed by atoms with Gasteiger partial charge in [0.1, 0.15) is 5.82 Å². The third kappa shape index (κ3) is 3.56. The first-order chi connectivity index (χ1) is 12.0. The van der Waals surface area contributed by atoms with E-state index in [1.54, 1.807) is 6.92 Å². The van der Waals surface area contributed by atoms with Crippen molar-refractivity contribution in [1.82, 2.24) is 0 Å². The zero-order valence-electron chi connectivity index (χ0n) is 14.2. The molecule has 1 N–H and O–H groups in total. The van der Waals surface area contributed by atoms with Crippen LogP contribution in [-0.4, -0.2) is 43.5 Å². The molecule has 0 radical (unpaired) electrons. The van der Waals surface area contributed by atoms with Crippen LogP contribution >= 0.6 is 0 Å². The van der Waals surface area contributed by atoms with E-state index in [1.807, 2.05) is 0 Å². The summed E-state index contributed by atoms with van der Waals surface area (Å²) in [7, 11) is 0. The number of hydrogen-bond acceptors (Lipinski definition) is 4. The number of benzene rings is 1. The fraction of sp³-hybridized carbons (Fsp3) is 0.500. The van der Waals surface area contributed by atoms with E-state index in [0.29, 0.717) is 38.2 Å². The first-order valence-corrected chi connectivity index (χ1v) is 8.64. The average Bonchev–Trinajstić information content (AvgIpc) is 2.91. The number of likely N-dealkylation sites (tertiary alicyclic amines) is 1. The Morgan fingerprint density at radius 3 is 2.48 bits per heavy atom. The summed E-state index contributed by atoms with van der Waals surface area (Å²) in [6, 6.07) is 4.92. The molecule has 134 valence electrons. The lowest BCUT2D eigenvalue weighted by atomic mass is 9.95. The minimum absolute atomic E-state index is 0.121. The Kier molecular flexibility index (Phi) is 5.13. The van der Waals surface area contributed by atoms with Gasteiger partial charge in [-0.25, -0.2) is 9.29 Å². The monoisotopic (exact) mass is 349 g/mol. The molecule has 3 rings (SSSR count). The number of halogens is 1. The highest BCUT2D eigenvalue weighted by Crippen LogP contribution is 2.23. The smallest absolute Gasteiger partial charge is 0.309 e. The van der Waals surface area contributed by atoms with Gasteiger partial charge in [-0.2, -0.15) is 0 Å². The third-order valence-electron chi connectivity index (χ3n) is 4.97. The van der Waals surface area contributed by atoms with Crippen molar-refractivity contribution in [3.63, 3.8) is 0 Å². The standard InChI is InChI=1S/C18H21FN2O4/c1-2-25-18(24)12-7-9-20(10-8-12)15-11-16(22)21(17(15)23)14-5-3-13(19)4-6-14/h3-6,12,15H,2,7-11H2,1H3/p+1/t15-/m0/s1. The molecule has 2 amide bonds. The normalized spacial score (nSPS) is 26.8. The molecule has 2 aliphatic heterocycles. The summed E-state index contributed by atoms with van der Waals surface area (Å²) in [4.78, 5) is 39.0.